The predicted octanol–water partition coefficient (Wildman–Crippen LogP) is 0.408. The number of amides is 2. The average molecular weight is 379 g/mol. The summed E-state index contributed by atoms with van der Waals surface area (Å²) in [5.41, 5.74) is 0.701. The van der Waals surface area contributed by atoms with E-state index in [0.717, 1.165) is 19.4 Å². The summed E-state index contributed by atoms with van der Waals surface area (Å²) in [6.45, 7) is 1.41. The molecule has 2 saturated heterocycles. The van der Waals surface area contributed by atoms with Crippen molar-refractivity contribution in [1.82, 2.24) is 10.2 Å². The van der Waals surface area contributed by atoms with Crippen LogP contribution in [-0.2, 0) is 9.47 Å². The molecule has 0 spiro atoms. The topological polar surface area (TPSA) is 103 Å². The number of benzene rings is 1. The van der Waals surface area contributed by atoms with Crippen LogP contribution in [0.1, 0.15) is 12.8 Å². The number of hydrogen-bond acceptors (Lipinski definition) is 6. The molecule has 4 N–H and O–H groups in total. The molecule has 0 bridgehead atoms. The van der Waals surface area contributed by atoms with Gasteiger partial charge in [-0.05, 0) is 31.5 Å². The Bertz CT molecular complexity index is 602. The molecule has 5 atom stereocenters. The van der Waals surface area contributed by atoms with E-state index in [2.05, 4.69) is 15.5 Å². The fourth-order valence-corrected chi connectivity index (χ4v) is 4.07. The lowest BCUT2D eigenvalue weighted by atomic mass is 10.0. The van der Waals surface area contributed by atoms with Gasteiger partial charge >= 0.3 is 6.03 Å². The van der Waals surface area contributed by atoms with E-state index < -0.39 is 18.3 Å². The first kappa shape index (κ1) is 20.0. The third-order valence-corrected chi connectivity index (χ3v) is 5.30. The zero-order valence-corrected chi connectivity index (χ0v) is 15.6. The van der Waals surface area contributed by atoms with Gasteiger partial charge in [-0.2, -0.15) is 0 Å². The van der Waals surface area contributed by atoms with Crippen LogP contribution in [-0.4, -0.2) is 85.0 Å². The fraction of sp³-hybridized carbons (Fsp3) is 0.632. The third kappa shape index (κ3) is 4.77. The van der Waals surface area contributed by atoms with Crippen LogP contribution in [0.25, 0.3) is 0 Å². The SMILES string of the molecule is COC[C@H]1CCCN1[C@@H]1[C@H](O)[C@H](CO)O[C@@H]1CNC(=O)Nc1ccccc1. The molecule has 0 aliphatic carbocycles. The number of carbonyl (C=O) groups excluding carboxylic acids is 1. The van der Waals surface area contributed by atoms with Crippen LogP contribution < -0.4 is 10.6 Å². The van der Waals surface area contributed by atoms with Crippen LogP contribution >= 0.6 is 0 Å². The number of nitrogens with zero attached hydrogens (tertiary/aromatic N) is 1. The van der Waals surface area contributed by atoms with Crippen LogP contribution in [0.3, 0.4) is 0 Å². The fourth-order valence-electron chi connectivity index (χ4n) is 4.07. The van der Waals surface area contributed by atoms with Gasteiger partial charge in [0, 0.05) is 25.4 Å². The molecule has 0 unspecified atom stereocenters. The van der Waals surface area contributed by atoms with Crippen molar-refractivity contribution in [2.75, 3.05) is 38.7 Å². The van der Waals surface area contributed by atoms with Gasteiger partial charge in [-0.1, -0.05) is 18.2 Å². The van der Waals surface area contributed by atoms with E-state index in [4.69, 9.17) is 9.47 Å². The second-order valence-corrected chi connectivity index (χ2v) is 7.07. The lowest BCUT2D eigenvalue weighted by Crippen LogP contribution is -2.53. The highest BCUT2D eigenvalue weighted by Crippen LogP contribution is 2.31. The van der Waals surface area contributed by atoms with Gasteiger partial charge in [0.25, 0.3) is 0 Å². The third-order valence-electron chi connectivity index (χ3n) is 5.30. The number of anilines is 1. The van der Waals surface area contributed by atoms with E-state index in [1.165, 1.54) is 0 Å². The minimum absolute atomic E-state index is 0.205. The second kappa shape index (κ2) is 9.48. The summed E-state index contributed by atoms with van der Waals surface area (Å²) in [6, 6.07) is 8.76. The van der Waals surface area contributed by atoms with Crippen LogP contribution in [0.2, 0.25) is 0 Å². The smallest absolute Gasteiger partial charge is 0.319 e. The highest BCUT2D eigenvalue weighted by Gasteiger charge is 2.48. The summed E-state index contributed by atoms with van der Waals surface area (Å²) in [7, 11) is 1.67. The largest absolute Gasteiger partial charge is 0.394 e. The van der Waals surface area contributed by atoms with Crippen molar-refractivity contribution >= 4 is 11.7 Å². The van der Waals surface area contributed by atoms with Gasteiger partial charge in [0.2, 0.25) is 0 Å². The lowest BCUT2D eigenvalue weighted by molar-refractivity contribution is -0.0205. The maximum Gasteiger partial charge on any atom is 0.319 e. The molecule has 8 nitrogen and oxygen atoms in total. The number of para-hydroxylation sites is 1. The highest BCUT2D eigenvalue weighted by molar-refractivity contribution is 5.89. The lowest BCUT2D eigenvalue weighted by Gasteiger charge is -2.34. The number of aliphatic hydroxyl groups excluding tert-OH is 2. The van der Waals surface area contributed by atoms with Crippen LogP contribution in [0.5, 0.6) is 0 Å². The standard InChI is InChI=1S/C19H29N3O5/c1-26-12-14-8-5-9-22(14)17-15(27-16(11-23)18(17)24)10-20-19(25)21-13-6-3-2-4-7-13/h2-4,6-7,14-18,23-24H,5,8-12H2,1H3,(H2,20,21,25)/t14-,15-,16+,17+,18-/m1/s1. The molecule has 0 radical (unpaired) electrons. The number of aliphatic hydroxyl groups is 2. The van der Waals surface area contributed by atoms with Crippen molar-refractivity contribution in [2.24, 2.45) is 0 Å². The average Bonchev–Trinajstić information content (AvgIpc) is 3.24. The summed E-state index contributed by atoms with van der Waals surface area (Å²) in [6.07, 6.45) is 0.154. The van der Waals surface area contributed by atoms with E-state index in [1.807, 2.05) is 18.2 Å². The molecule has 2 aliphatic heterocycles. The van der Waals surface area contributed by atoms with Crippen LogP contribution in [0.15, 0.2) is 30.3 Å². The Morgan fingerprint density at radius 3 is 2.81 bits per heavy atom. The molecular weight excluding hydrogens is 350 g/mol. The summed E-state index contributed by atoms with van der Waals surface area (Å²) in [5, 5.41) is 25.8. The molecule has 1 aromatic rings. The van der Waals surface area contributed by atoms with Crippen molar-refractivity contribution in [3.63, 3.8) is 0 Å². The number of urea groups is 1. The molecule has 2 aliphatic rings. The summed E-state index contributed by atoms with van der Waals surface area (Å²) < 4.78 is 11.2. The van der Waals surface area contributed by atoms with Crippen molar-refractivity contribution in [3.05, 3.63) is 30.3 Å². The number of carbonyl (C=O) groups is 1. The van der Waals surface area contributed by atoms with Crippen LogP contribution in [0.4, 0.5) is 10.5 Å². The van der Waals surface area contributed by atoms with Gasteiger partial charge in [0.1, 0.15) is 12.2 Å². The maximum absolute atomic E-state index is 12.2. The zero-order valence-electron chi connectivity index (χ0n) is 15.6. The van der Waals surface area contributed by atoms with Gasteiger partial charge < -0.3 is 30.3 Å². The molecule has 3 rings (SSSR count). The van der Waals surface area contributed by atoms with Gasteiger partial charge in [-0.3, -0.25) is 4.90 Å². The number of nitrogens with one attached hydrogen (secondary N) is 2. The highest BCUT2D eigenvalue weighted by atomic mass is 16.5. The van der Waals surface area contributed by atoms with Gasteiger partial charge in [0.15, 0.2) is 0 Å². The molecule has 27 heavy (non-hydrogen) atoms. The molecule has 2 fully saturated rings. The molecule has 2 heterocycles. The summed E-state index contributed by atoms with van der Waals surface area (Å²) in [4.78, 5) is 14.4. The quantitative estimate of drug-likeness (QED) is 0.547. The number of methoxy groups -OCH3 is 1. The first-order valence-corrected chi connectivity index (χ1v) is 9.43. The zero-order chi connectivity index (χ0) is 19.2. The Hall–Kier alpha value is -1.71. The molecule has 0 aromatic heterocycles. The Morgan fingerprint density at radius 2 is 2.11 bits per heavy atom. The predicted molar refractivity (Wildman–Crippen MR) is 101 cm³/mol. The van der Waals surface area contributed by atoms with E-state index in [9.17, 15) is 15.0 Å². The maximum atomic E-state index is 12.2. The van der Waals surface area contributed by atoms with Gasteiger partial charge in [-0.25, -0.2) is 4.79 Å². The van der Waals surface area contributed by atoms with Crippen molar-refractivity contribution in [3.8, 4) is 0 Å². The summed E-state index contributed by atoms with van der Waals surface area (Å²) in [5.74, 6) is 0. The first-order chi connectivity index (χ1) is 13.1. The molecule has 8 heteroatoms. The van der Waals surface area contributed by atoms with Crippen LogP contribution in [0, 0.1) is 0 Å². The molecule has 150 valence electrons. The Labute approximate surface area is 159 Å². The Balaban J connectivity index is 1.62. The molecular formula is C19H29N3O5. The van der Waals surface area contributed by atoms with Gasteiger partial charge in [0.05, 0.1) is 25.4 Å². The summed E-state index contributed by atoms with van der Waals surface area (Å²) >= 11 is 0. The normalized spacial score (nSPS) is 31.1. The van der Waals surface area contributed by atoms with Crippen molar-refractivity contribution in [1.29, 1.82) is 0 Å². The number of hydrogen-bond donors (Lipinski definition) is 4. The van der Waals surface area contributed by atoms with E-state index in [1.54, 1.807) is 19.2 Å². The minimum atomic E-state index is -0.809. The molecule has 0 saturated carbocycles. The van der Waals surface area contributed by atoms with Gasteiger partial charge in [-0.15, -0.1) is 0 Å². The van der Waals surface area contributed by atoms with Crippen molar-refractivity contribution in [2.45, 2.75) is 43.2 Å². The van der Waals surface area contributed by atoms with Crippen molar-refractivity contribution < 1.29 is 24.5 Å². The Kier molecular flexibility index (Phi) is 7.03. The number of rotatable bonds is 7. The minimum Gasteiger partial charge on any atom is -0.394 e. The molecule has 2 amide bonds. The first-order valence-electron chi connectivity index (χ1n) is 9.43. The number of ether oxygens (including phenoxy) is 2. The molecule has 1 aromatic carbocycles. The monoisotopic (exact) mass is 379 g/mol. The Morgan fingerprint density at radius 1 is 1.33 bits per heavy atom. The van der Waals surface area contributed by atoms with E-state index >= 15 is 0 Å². The second-order valence-electron chi connectivity index (χ2n) is 7.07. The number of likely N-dealkylation sites (tertiary alicyclic amines) is 1. The van der Waals surface area contributed by atoms with E-state index in [0.29, 0.717) is 12.3 Å². The van der Waals surface area contributed by atoms with E-state index in [-0.39, 0.29) is 31.3 Å².